The third-order valence-electron chi connectivity index (χ3n) is 3.67. The van der Waals surface area contributed by atoms with E-state index in [2.05, 4.69) is 0 Å². The average Bonchev–Trinajstić information content (AvgIpc) is 2.46. The molecule has 1 aromatic rings. The van der Waals surface area contributed by atoms with Crippen LogP contribution in [0.4, 0.5) is 0 Å². The molecule has 1 aliphatic rings. The van der Waals surface area contributed by atoms with E-state index in [0.717, 1.165) is 12.8 Å². The van der Waals surface area contributed by atoms with Crippen molar-refractivity contribution in [1.82, 2.24) is 4.90 Å². The fourth-order valence-electron chi connectivity index (χ4n) is 2.47. The van der Waals surface area contributed by atoms with E-state index in [4.69, 9.17) is 4.74 Å². The Morgan fingerprint density at radius 2 is 1.95 bits per heavy atom. The van der Waals surface area contributed by atoms with Gasteiger partial charge < -0.3 is 9.64 Å². The SMILES string of the molecule is COc1cccc(C(=O)C2CCN(C(C)=O)CC2)c1. The van der Waals surface area contributed by atoms with Crippen molar-refractivity contribution in [2.45, 2.75) is 19.8 Å². The van der Waals surface area contributed by atoms with Gasteiger partial charge in [-0.05, 0) is 25.0 Å². The van der Waals surface area contributed by atoms with Crippen molar-refractivity contribution in [2.75, 3.05) is 20.2 Å². The van der Waals surface area contributed by atoms with Gasteiger partial charge in [-0.1, -0.05) is 12.1 Å². The lowest BCUT2D eigenvalue weighted by Crippen LogP contribution is -2.39. The maximum atomic E-state index is 12.4. The molecule has 19 heavy (non-hydrogen) atoms. The Morgan fingerprint density at radius 3 is 2.53 bits per heavy atom. The van der Waals surface area contributed by atoms with E-state index in [0.29, 0.717) is 24.4 Å². The Hall–Kier alpha value is -1.84. The Bertz CT molecular complexity index is 476. The molecule has 0 atom stereocenters. The molecule has 1 amide bonds. The molecule has 4 nitrogen and oxygen atoms in total. The van der Waals surface area contributed by atoms with Crippen LogP contribution in [0.15, 0.2) is 24.3 Å². The van der Waals surface area contributed by atoms with Crippen LogP contribution in [0.3, 0.4) is 0 Å². The highest BCUT2D eigenvalue weighted by Crippen LogP contribution is 2.23. The molecule has 1 aromatic carbocycles. The van der Waals surface area contributed by atoms with Gasteiger partial charge in [-0.2, -0.15) is 0 Å². The zero-order valence-electron chi connectivity index (χ0n) is 11.4. The molecule has 1 heterocycles. The number of nitrogens with zero attached hydrogens (tertiary/aromatic N) is 1. The number of hydrogen-bond acceptors (Lipinski definition) is 3. The van der Waals surface area contributed by atoms with Crippen molar-refractivity contribution in [3.8, 4) is 5.75 Å². The van der Waals surface area contributed by atoms with E-state index < -0.39 is 0 Å². The molecule has 0 bridgehead atoms. The van der Waals surface area contributed by atoms with Crippen molar-refractivity contribution < 1.29 is 14.3 Å². The summed E-state index contributed by atoms with van der Waals surface area (Å²) in [6, 6.07) is 7.26. The summed E-state index contributed by atoms with van der Waals surface area (Å²) in [6.45, 7) is 2.93. The molecule has 0 radical (unpaired) electrons. The molecule has 0 N–H and O–H groups in total. The number of hydrogen-bond donors (Lipinski definition) is 0. The summed E-state index contributed by atoms with van der Waals surface area (Å²) in [5.41, 5.74) is 0.695. The predicted octanol–water partition coefficient (Wildman–Crippen LogP) is 2.14. The summed E-state index contributed by atoms with van der Waals surface area (Å²) in [6.07, 6.45) is 1.49. The van der Waals surface area contributed by atoms with Gasteiger partial charge in [-0.25, -0.2) is 0 Å². The van der Waals surface area contributed by atoms with Gasteiger partial charge in [0.15, 0.2) is 5.78 Å². The van der Waals surface area contributed by atoms with Crippen LogP contribution in [0.5, 0.6) is 5.75 Å². The third-order valence-corrected chi connectivity index (χ3v) is 3.67. The topological polar surface area (TPSA) is 46.6 Å². The van der Waals surface area contributed by atoms with Gasteiger partial charge in [0.25, 0.3) is 0 Å². The van der Waals surface area contributed by atoms with Crippen LogP contribution in [0, 0.1) is 5.92 Å². The molecule has 2 rings (SSSR count). The maximum absolute atomic E-state index is 12.4. The first-order chi connectivity index (χ1) is 9.11. The van der Waals surface area contributed by atoms with Crippen LogP contribution in [0.25, 0.3) is 0 Å². The Kier molecular flexibility index (Phi) is 4.20. The van der Waals surface area contributed by atoms with Crippen LogP contribution in [-0.2, 0) is 4.79 Å². The van der Waals surface area contributed by atoms with Crippen LogP contribution in [0.2, 0.25) is 0 Å². The third kappa shape index (κ3) is 3.13. The second kappa shape index (κ2) is 5.87. The zero-order chi connectivity index (χ0) is 13.8. The molecule has 1 aliphatic heterocycles. The number of carbonyl (C=O) groups excluding carboxylic acids is 2. The van der Waals surface area contributed by atoms with Crippen LogP contribution < -0.4 is 4.74 Å². The van der Waals surface area contributed by atoms with E-state index in [-0.39, 0.29) is 17.6 Å². The Labute approximate surface area is 113 Å². The van der Waals surface area contributed by atoms with Crippen LogP contribution >= 0.6 is 0 Å². The van der Waals surface area contributed by atoms with Crippen molar-refractivity contribution in [3.05, 3.63) is 29.8 Å². The predicted molar refractivity (Wildman–Crippen MR) is 72.3 cm³/mol. The molecule has 0 aliphatic carbocycles. The fourth-order valence-corrected chi connectivity index (χ4v) is 2.47. The van der Waals surface area contributed by atoms with Crippen molar-refractivity contribution in [3.63, 3.8) is 0 Å². The summed E-state index contributed by atoms with van der Waals surface area (Å²) < 4.78 is 5.14. The van der Waals surface area contributed by atoms with Gasteiger partial charge in [0, 0.05) is 31.5 Å². The first-order valence-electron chi connectivity index (χ1n) is 6.55. The summed E-state index contributed by atoms with van der Waals surface area (Å²) >= 11 is 0. The second-order valence-electron chi connectivity index (χ2n) is 4.88. The van der Waals surface area contributed by atoms with E-state index in [1.54, 1.807) is 25.0 Å². The molecule has 0 spiro atoms. The number of ketones is 1. The number of amides is 1. The van der Waals surface area contributed by atoms with Gasteiger partial charge in [-0.3, -0.25) is 9.59 Å². The van der Waals surface area contributed by atoms with Gasteiger partial charge in [-0.15, -0.1) is 0 Å². The highest BCUT2D eigenvalue weighted by atomic mass is 16.5. The summed E-state index contributed by atoms with van der Waals surface area (Å²) in [4.78, 5) is 25.4. The quantitative estimate of drug-likeness (QED) is 0.783. The van der Waals surface area contributed by atoms with E-state index in [1.807, 2.05) is 18.2 Å². The molecule has 1 fully saturated rings. The number of rotatable bonds is 3. The molecular weight excluding hydrogens is 242 g/mol. The number of benzene rings is 1. The molecule has 1 saturated heterocycles. The largest absolute Gasteiger partial charge is 0.497 e. The van der Waals surface area contributed by atoms with E-state index >= 15 is 0 Å². The minimum atomic E-state index is 0.0164. The van der Waals surface area contributed by atoms with Gasteiger partial charge in [0.05, 0.1) is 7.11 Å². The van der Waals surface area contributed by atoms with Crippen molar-refractivity contribution in [1.29, 1.82) is 0 Å². The number of Topliss-reactive ketones (excluding diaryl/α,β-unsaturated/α-hetero) is 1. The normalized spacial score (nSPS) is 16.2. The molecule has 0 saturated carbocycles. The van der Waals surface area contributed by atoms with E-state index in [9.17, 15) is 9.59 Å². The number of likely N-dealkylation sites (tertiary alicyclic amines) is 1. The first-order valence-corrected chi connectivity index (χ1v) is 6.55. The minimum Gasteiger partial charge on any atom is -0.497 e. The van der Waals surface area contributed by atoms with E-state index in [1.165, 1.54) is 0 Å². The maximum Gasteiger partial charge on any atom is 0.219 e. The molecule has 102 valence electrons. The first kappa shape index (κ1) is 13.6. The van der Waals surface area contributed by atoms with Crippen molar-refractivity contribution >= 4 is 11.7 Å². The summed E-state index contributed by atoms with van der Waals surface area (Å²) in [5.74, 6) is 0.962. The Balaban J connectivity index is 2.02. The molecule has 0 aromatic heterocycles. The smallest absolute Gasteiger partial charge is 0.219 e. The lowest BCUT2D eigenvalue weighted by molar-refractivity contribution is -0.130. The minimum absolute atomic E-state index is 0.0164. The highest BCUT2D eigenvalue weighted by molar-refractivity contribution is 5.98. The zero-order valence-corrected chi connectivity index (χ0v) is 11.4. The standard InChI is InChI=1S/C15H19NO3/c1-11(17)16-8-6-12(7-9-16)15(18)13-4-3-5-14(10-13)19-2/h3-5,10,12H,6-9H2,1-2H3. The average molecular weight is 261 g/mol. The van der Waals surface area contributed by atoms with Crippen molar-refractivity contribution in [2.24, 2.45) is 5.92 Å². The van der Waals surface area contributed by atoms with Gasteiger partial charge in [0.2, 0.25) is 5.91 Å². The number of methoxy groups -OCH3 is 1. The van der Waals surface area contributed by atoms with Gasteiger partial charge in [0.1, 0.15) is 5.75 Å². The van der Waals surface area contributed by atoms with Crippen LogP contribution in [-0.4, -0.2) is 36.8 Å². The number of ether oxygens (including phenoxy) is 1. The highest BCUT2D eigenvalue weighted by Gasteiger charge is 2.26. The number of piperidine rings is 1. The fraction of sp³-hybridized carbons (Fsp3) is 0.467. The monoisotopic (exact) mass is 261 g/mol. The second-order valence-corrected chi connectivity index (χ2v) is 4.88. The summed E-state index contributed by atoms with van der Waals surface area (Å²) in [5, 5.41) is 0. The lowest BCUT2D eigenvalue weighted by Gasteiger charge is -2.30. The molecule has 4 heteroatoms. The number of carbonyl (C=O) groups is 2. The van der Waals surface area contributed by atoms with Crippen LogP contribution in [0.1, 0.15) is 30.1 Å². The molecular formula is C15H19NO3. The van der Waals surface area contributed by atoms with Gasteiger partial charge >= 0.3 is 0 Å². The molecule has 0 unspecified atom stereocenters. The summed E-state index contributed by atoms with van der Waals surface area (Å²) in [7, 11) is 1.59. The Morgan fingerprint density at radius 1 is 1.26 bits per heavy atom. The lowest BCUT2D eigenvalue weighted by atomic mass is 9.89.